The Labute approximate surface area is 91.1 Å². The number of hydrogen-bond donors (Lipinski definition) is 1. The van der Waals surface area contributed by atoms with Crippen molar-refractivity contribution in [2.45, 2.75) is 51.9 Å². The molecule has 14 heavy (non-hydrogen) atoms. The quantitative estimate of drug-likeness (QED) is 0.574. The summed E-state index contributed by atoms with van der Waals surface area (Å²) in [6.07, 6.45) is 9.03. The molecule has 0 amide bonds. The second-order valence-corrected chi connectivity index (χ2v) is 5.45. The summed E-state index contributed by atoms with van der Waals surface area (Å²) in [5.41, 5.74) is 5.32. The van der Waals surface area contributed by atoms with Crippen LogP contribution in [0.2, 0.25) is 0 Å². The minimum absolute atomic E-state index is 0.559. The van der Waals surface area contributed by atoms with Crippen LogP contribution in [-0.2, 0) is 10.8 Å². The lowest BCUT2D eigenvalue weighted by Crippen LogP contribution is -2.12. The molecule has 0 radical (unpaired) electrons. The third-order valence-corrected chi connectivity index (χ3v) is 3.76. The molecule has 2 N–H and O–H groups in total. The maximum absolute atomic E-state index is 11.2. The van der Waals surface area contributed by atoms with E-state index in [1.165, 1.54) is 38.5 Å². The Kier molecular flexibility index (Phi) is 11.3. The fraction of sp³-hybridized carbons (Fsp3) is 1.00. The molecule has 0 bridgehead atoms. The topological polar surface area (TPSA) is 43.1 Å². The normalized spacial score (nSPS) is 13.0. The number of hydrogen-bond acceptors (Lipinski definition) is 2. The molecule has 2 nitrogen and oxygen atoms in total. The van der Waals surface area contributed by atoms with Gasteiger partial charge in [0.1, 0.15) is 0 Å². The molecule has 0 aliphatic heterocycles. The zero-order chi connectivity index (χ0) is 10.6. The van der Waals surface area contributed by atoms with Gasteiger partial charge in [0, 0.05) is 28.9 Å². The first-order chi connectivity index (χ1) is 6.81. The van der Waals surface area contributed by atoms with Crippen molar-refractivity contribution in [3.05, 3.63) is 0 Å². The number of rotatable bonds is 10. The molecule has 3 heteroatoms. The van der Waals surface area contributed by atoms with Crippen molar-refractivity contribution in [3.63, 3.8) is 0 Å². The minimum atomic E-state index is -0.654. The second-order valence-electron chi connectivity index (χ2n) is 3.76. The van der Waals surface area contributed by atoms with Crippen LogP contribution in [0.3, 0.4) is 0 Å². The lowest BCUT2D eigenvalue weighted by Gasteiger charge is -2.01. The summed E-state index contributed by atoms with van der Waals surface area (Å²) in [7, 11) is -0.654. The highest BCUT2D eigenvalue weighted by molar-refractivity contribution is 7.84. The molecule has 0 aromatic carbocycles. The van der Waals surface area contributed by atoms with Crippen LogP contribution in [-0.4, -0.2) is 22.3 Å². The minimum Gasteiger partial charge on any atom is -0.330 e. The van der Waals surface area contributed by atoms with Crippen LogP contribution >= 0.6 is 0 Å². The molecule has 86 valence electrons. The van der Waals surface area contributed by atoms with Gasteiger partial charge in [-0.15, -0.1) is 0 Å². The van der Waals surface area contributed by atoms with E-state index >= 15 is 0 Å². The van der Waals surface area contributed by atoms with Crippen molar-refractivity contribution in [2.24, 2.45) is 5.73 Å². The lowest BCUT2D eigenvalue weighted by atomic mass is 10.1. The van der Waals surface area contributed by atoms with Gasteiger partial charge in [-0.1, -0.05) is 45.4 Å². The summed E-state index contributed by atoms with van der Waals surface area (Å²) in [5.74, 6) is 1.53. The maximum atomic E-state index is 11.2. The Morgan fingerprint density at radius 3 is 2.07 bits per heavy atom. The highest BCUT2D eigenvalue weighted by atomic mass is 32.2. The molecule has 0 saturated carbocycles. The average Bonchev–Trinajstić information content (AvgIpc) is 2.17. The first-order valence-corrected chi connectivity index (χ1v) is 7.35. The van der Waals surface area contributed by atoms with Crippen LogP contribution in [0.4, 0.5) is 0 Å². The first kappa shape index (κ1) is 14.1. The Morgan fingerprint density at radius 2 is 1.50 bits per heavy atom. The van der Waals surface area contributed by atoms with E-state index in [9.17, 15) is 4.21 Å². The van der Waals surface area contributed by atoms with Crippen molar-refractivity contribution in [2.75, 3.05) is 18.1 Å². The van der Waals surface area contributed by atoms with Gasteiger partial charge in [-0.25, -0.2) is 0 Å². The van der Waals surface area contributed by atoms with Gasteiger partial charge in [-0.3, -0.25) is 4.21 Å². The fourth-order valence-electron chi connectivity index (χ4n) is 1.45. The first-order valence-electron chi connectivity index (χ1n) is 5.86. The Bertz CT molecular complexity index is 139. The van der Waals surface area contributed by atoms with Gasteiger partial charge in [0.2, 0.25) is 0 Å². The van der Waals surface area contributed by atoms with Gasteiger partial charge in [0.25, 0.3) is 0 Å². The molecule has 0 aromatic rings. The maximum Gasteiger partial charge on any atom is 0.0357 e. The highest BCUT2D eigenvalue weighted by Crippen LogP contribution is 2.07. The summed E-state index contributed by atoms with van der Waals surface area (Å²) in [6.45, 7) is 2.79. The molecular formula is C11H25NOS. The van der Waals surface area contributed by atoms with E-state index in [2.05, 4.69) is 6.92 Å². The van der Waals surface area contributed by atoms with Crippen LogP contribution in [0.15, 0.2) is 0 Å². The molecule has 0 spiro atoms. The molecular weight excluding hydrogens is 194 g/mol. The van der Waals surface area contributed by atoms with Crippen LogP contribution < -0.4 is 5.73 Å². The van der Waals surface area contributed by atoms with E-state index < -0.39 is 10.8 Å². The Hall–Kier alpha value is 0.110. The van der Waals surface area contributed by atoms with Crippen molar-refractivity contribution >= 4 is 10.8 Å². The number of unbranched alkanes of at least 4 members (excludes halogenated alkanes) is 6. The molecule has 1 atom stereocenters. The van der Waals surface area contributed by atoms with E-state index in [4.69, 9.17) is 5.73 Å². The van der Waals surface area contributed by atoms with Gasteiger partial charge in [-0.05, 0) is 6.42 Å². The average molecular weight is 219 g/mol. The summed E-state index contributed by atoms with van der Waals surface area (Å²) in [6, 6.07) is 0. The third kappa shape index (κ3) is 10.2. The van der Waals surface area contributed by atoms with Gasteiger partial charge < -0.3 is 5.73 Å². The molecule has 0 aliphatic carbocycles. The molecule has 0 aliphatic rings. The molecule has 0 rings (SSSR count). The van der Waals surface area contributed by atoms with E-state index in [0.29, 0.717) is 12.3 Å². The summed E-state index contributed by atoms with van der Waals surface area (Å²) in [4.78, 5) is 0. The summed E-state index contributed by atoms with van der Waals surface area (Å²) in [5, 5.41) is 0. The number of nitrogens with two attached hydrogens (primary N) is 1. The largest absolute Gasteiger partial charge is 0.330 e. The zero-order valence-corrected chi connectivity index (χ0v) is 10.3. The van der Waals surface area contributed by atoms with Crippen molar-refractivity contribution < 1.29 is 4.21 Å². The molecule has 0 aromatic heterocycles. The SMILES string of the molecule is CCCCCCCCCS(=O)CCN. The van der Waals surface area contributed by atoms with Crippen LogP contribution in [0.1, 0.15) is 51.9 Å². The van der Waals surface area contributed by atoms with Gasteiger partial charge in [-0.2, -0.15) is 0 Å². The van der Waals surface area contributed by atoms with Gasteiger partial charge in [0.15, 0.2) is 0 Å². The predicted octanol–water partition coefficient (Wildman–Crippen LogP) is 2.44. The fourth-order valence-corrected chi connectivity index (χ4v) is 2.45. The van der Waals surface area contributed by atoms with Crippen molar-refractivity contribution in [1.82, 2.24) is 0 Å². The Balaban J connectivity index is 3.01. The van der Waals surface area contributed by atoms with E-state index in [1.807, 2.05) is 0 Å². The van der Waals surface area contributed by atoms with Crippen LogP contribution in [0.25, 0.3) is 0 Å². The zero-order valence-electron chi connectivity index (χ0n) is 9.46. The predicted molar refractivity (Wildman–Crippen MR) is 64.9 cm³/mol. The van der Waals surface area contributed by atoms with Crippen molar-refractivity contribution in [3.8, 4) is 0 Å². The monoisotopic (exact) mass is 219 g/mol. The smallest absolute Gasteiger partial charge is 0.0357 e. The standard InChI is InChI=1S/C11H25NOS/c1-2-3-4-5-6-7-8-10-14(13)11-9-12/h2-12H2,1H3. The highest BCUT2D eigenvalue weighted by Gasteiger charge is 1.97. The third-order valence-electron chi connectivity index (χ3n) is 2.32. The molecule has 0 heterocycles. The van der Waals surface area contributed by atoms with Crippen molar-refractivity contribution in [1.29, 1.82) is 0 Å². The molecule has 1 unspecified atom stereocenters. The van der Waals surface area contributed by atoms with Gasteiger partial charge >= 0.3 is 0 Å². The van der Waals surface area contributed by atoms with Crippen LogP contribution in [0.5, 0.6) is 0 Å². The lowest BCUT2D eigenvalue weighted by molar-refractivity contribution is 0.601. The van der Waals surface area contributed by atoms with Gasteiger partial charge in [0.05, 0.1) is 0 Å². The van der Waals surface area contributed by atoms with E-state index in [0.717, 1.165) is 12.2 Å². The molecule has 0 saturated heterocycles. The summed E-state index contributed by atoms with van der Waals surface area (Å²) < 4.78 is 11.2. The Morgan fingerprint density at radius 1 is 0.929 bits per heavy atom. The van der Waals surface area contributed by atoms with E-state index in [-0.39, 0.29) is 0 Å². The van der Waals surface area contributed by atoms with Crippen LogP contribution in [0, 0.1) is 0 Å². The summed E-state index contributed by atoms with van der Waals surface area (Å²) >= 11 is 0. The molecule has 0 fully saturated rings. The second kappa shape index (κ2) is 11.2. The van der Waals surface area contributed by atoms with E-state index in [1.54, 1.807) is 0 Å².